The van der Waals surface area contributed by atoms with E-state index < -0.39 is 0 Å². The van der Waals surface area contributed by atoms with Crippen molar-refractivity contribution < 1.29 is 0 Å². The molecule has 0 saturated carbocycles. The van der Waals surface area contributed by atoms with Gasteiger partial charge in [-0.3, -0.25) is 0 Å². The molecule has 70 valence electrons. The molecule has 0 bridgehead atoms. The number of aliphatic imine (C=N–C) groups is 1. The number of nitrogens with zero attached hydrogens (tertiary/aromatic N) is 5. The largest absolute Gasteiger partial charge is 0.369 e. The highest BCUT2D eigenvalue weighted by Gasteiger charge is 2.11. The van der Waals surface area contributed by atoms with E-state index in [2.05, 4.69) is 9.37 Å². The summed E-state index contributed by atoms with van der Waals surface area (Å²) >= 11 is 1.05. The molecule has 0 N–H and O–H groups in total. The van der Waals surface area contributed by atoms with Crippen LogP contribution >= 0.6 is 11.5 Å². The van der Waals surface area contributed by atoms with Crippen LogP contribution in [0.15, 0.2) is 4.99 Å². The Morgan fingerprint density at radius 3 is 2.64 bits per heavy atom. The lowest BCUT2D eigenvalue weighted by Gasteiger charge is -2.00. The summed E-state index contributed by atoms with van der Waals surface area (Å²) in [7, 11) is 3.64. The Labute approximate surface area is 85.7 Å². The molecule has 1 heterocycles. The lowest BCUT2D eigenvalue weighted by atomic mass is 10.3. The summed E-state index contributed by atoms with van der Waals surface area (Å²) in [6, 6.07) is 3.76. The fourth-order valence-electron chi connectivity index (χ4n) is 0.715. The van der Waals surface area contributed by atoms with Crippen LogP contribution in [0.4, 0.5) is 5.00 Å². The molecule has 0 saturated heterocycles. The summed E-state index contributed by atoms with van der Waals surface area (Å²) in [4.78, 5) is 5.77. The van der Waals surface area contributed by atoms with Crippen molar-refractivity contribution in [1.29, 1.82) is 10.5 Å². The van der Waals surface area contributed by atoms with Gasteiger partial charge in [0.15, 0.2) is 10.7 Å². The molecule has 0 aromatic carbocycles. The minimum atomic E-state index is 0.142. The maximum atomic E-state index is 8.76. The zero-order valence-electron chi connectivity index (χ0n) is 7.72. The van der Waals surface area contributed by atoms with Crippen molar-refractivity contribution in [1.82, 2.24) is 9.27 Å². The second-order valence-electron chi connectivity index (χ2n) is 2.64. The van der Waals surface area contributed by atoms with Crippen LogP contribution in [0.2, 0.25) is 0 Å². The zero-order valence-corrected chi connectivity index (χ0v) is 8.54. The highest BCUT2D eigenvalue weighted by molar-refractivity contribution is 7.10. The Hall–Kier alpha value is -1.92. The van der Waals surface area contributed by atoms with Crippen LogP contribution in [-0.4, -0.2) is 29.7 Å². The summed E-state index contributed by atoms with van der Waals surface area (Å²) in [5.74, 6) is 0. The van der Waals surface area contributed by atoms with Gasteiger partial charge in [-0.05, 0) is 11.5 Å². The molecule has 0 aliphatic carbocycles. The minimum absolute atomic E-state index is 0.142. The van der Waals surface area contributed by atoms with E-state index in [1.165, 1.54) is 0 Å². The normalized spacial score (nSPS) is 9.71. The van der Waals surface area contributed by atoms with Gasteiger partial charge in [0, 0.05) is 14.1 Å². The Bertz CT molecular complexity index is 432. The average Bonchev–Trinajstić information content (AvgIpc) is 2.56. The van der Waals surface area contributed by atoms with Crippen LogP contribution in [-0.2, 0) is 0 Å². The topological polar surface area (TPSA) is 76.1 Å². The van der Waals surface area contributed by atoms with Crippen molar-refractivity contribution in [3.05, 3.63) is 11.3 Å². The molecule has 1 rings (SSSR count). The summed E-state index contributed by atoms with van der Waals surface area (Å²) in [5.41, 5.74) is 0.388. The molecular formula is C8H7N5S. The Balaban J connectivity index is 3.07. The zero-order chi connectivity index (χ0) is 10.6. The van der Waals surface area contributed by atoms with Gasteiger partial charge in [-0.1, -0.05) is 0 Å². The molecule has 1 aromatic heterocycles. The van der Waals surface area contributed by atoms with Gasteiger partial charge >= 0.3 is 0 Å². The van der Waals surface area contributed by atoms with E-state index in [0.29, 0.717) is 5.00 Å². The average molecular weight is 205 g/mol. The first-order valence-electron chi connectivity index (χ1n) is 3.69. The predicted octanol–water partition coefficient (Wildman–Crippen LogP) is 1.11. The monoisotopic (exact) mass is 205 g/mol. The van der Waals surface area contributed by atoms with E-state index in [1.54, 1.807) is 11.2 Å². The van der Waals surface area contributed by atoms with Crippen molar-refractivity contribution in [2.45, 2.75) is 0 Å². The number of hydrogen-bond donors (Lipinski definition) is 0. The summed E-state index contributed by atoms with van der Waals surface area (Å²) in [6.45, 7) is 0. The molecule has 0 unspecified atom stereocenters. The molecule has 0 atom stereocenters. The quantitative estimate of drug-likeness (QED) is 0.535. The second kappa shape index (κ2) is 4.35. The molecule has 0 spiro atoms. The molecule has 5 nitrogen and oxygen atoms in total. The third-order valence-electron chi connectivity index (χ3n) is 1.30. The second-order valence-corrected chi connectivity index (χ2v) is 3.39. The fraction of sp³-hybridized carbons (Fsp3) is 0.250. The van der Waals surface area contributed by atoms with Gasteiger partial charge in [0.25, 0.3) is 0 Å². The number of hydrogen-bond acceptors (Lipinski definition) is 5. The third kappa shape index (κ3) is 2.06. The molecule has 1 aromatic rings. The van der Waals surface area contributed by atoms with Gasteiger partial charge in [-0.25, -0.2) is 4.99 Å². The first kappa shape index (κ1) is 10.2. The van der Waals surface area contributed by atoms with Crippen LogP contribution in [0.25, 0.3) is 0 Å². The Kier molecular flexibility index (Phi) is 3.16. The van der Waals surface area contributed by atoms with E-state index in [4.69, 9.17) is 10.5 Å². The summed E-state index contributed by atoms with van der Waals surface area (Å²) < 4.78 is 3.81. The molecule has 6 heteroatoms. The molecule has 0 amide bonds. The van der Waals surface area contributed by atoms with Crippen LogP contribution < -0.4 is 0 Å². The SMILES string of the molecule is CN(C)C=Nc1snc(C#N)c1C#N. The maximum Gasteiger partial charge on any atom is 0.174 e. The van der Waals surface area contributed by atoms with Crippen molar-refractivity contribution in [3.8, 4) is 12.1 Å². The smallest absolute Gasteiger partial charge is 0.174 e. The van der Waals surface area contributed by atoms with Gasteiger partial charge in [-0.15, -0.1) is 0 Å². The van der Waals surface area contributed by atoms with Gasteiger partial charge < -0.3 is 4.90 Å². The van der Waals surface area contributed by atoms with E-state index >= 15 is 0 Å². The van der Waals surface area contributed by atoms with E-state index in [0.717, 1.165) is 11.5 Å². The lowest BCUT2D eigenvalue weighted by molar-refractivity contribution is 0.643. The molecule has 0 radical (unpaired) electrons. The van der Waals surface area contributed by atoms with E-state index in [9.17, 15) is 0 Å². The van der Waals surface area contributed by atoms with Gasteiger partial charge in [0.1, 0.15) is 17.7 Å². The van der Waals surface area contributed by atoms with Crippen LogP contribution in [0, 0.1) is 22.7 Å². The van der Waals surface area contributed by atoms with E-state index in [1.807, 2.05) is 26.2 Å². The third-order valence-corrected chi connectivity index (χ3v) is 2.05. The van der Waals surface area contributed by atoms with Crippen molar-refractivity contribution in [3.63, 3.8) is 0 Å². The van der Waals surface area contributed by atoms with E-state index in [-0.39, 0.29) is 11.3 Å². The number of aromatic nitrogens is 1. The fourth-order valence-corrected chi connectivity index (χ4v) is 1.35. The van der Waals surface area contributed by atoms with Crippen molar-refractivity contribution >= 4 is 22.9 Å². The number of rotatable bonds is 2. The molecular weight excluding hydrogens is 198 g/mol. The Morgan fingerprint density at radius 1 is 1.43 bits per heavy atom. The highest BCUT2D eigenvalue weighted by atomic mass is 32.1. The minimum Gasteiger partial charge on any atom is -0.369 e. The molecule has 0 fully saturated rings. The first-order valence-corrected chi connectivity index (χ1v) is 4.47. The standard InChI is InChI=1S/C8H7N5S/c1-13(2)5-11-8-6(3-9)7(4-10)12-14-8/h5H,1-2H3. The van der Waals surface area contributed by atoms with Crippen LogP contribution in [0.1, 0.15) is 11.3 Å². The maximum absolute atomic E-state index is 8.76. The molecule has 14 heavy (non-hydrogen) atoms. The predicted molar refractivity (Wildman–Crippen MR) is 53.4 cm³/mol. The van der Waals surface area contributed by atoms with Gasteiger partial charge in [0.2, 0.25) is 0 Å². The molecule has 0 aliphatic rings. The lowest BCUT2D eigenvalue weighted by Crippen LogP contribution is -2.06. The first-order chi connectivity index (χ1) is 6.69. The highest BCUT2D eigenvalue weighted by Crippen LogP contribution is 2.26. The van der Waals surface area contributed by atoms with Crippen LogP contribution in [0.5, 0.6) is 0 Å². The van der Waals surface area contributed by atoms with Gasteiger partial charge in [-0.2, -0.15) is 14.9 Å². The number of nitriles is 2. The van der Waals surface area contributed by atoms with Gasteiger partial charge in [0.05, 0.1) is 6.34 Å². The Morgan fingerprint density at radius 2 is 2.14 bits per heavy atom. The van der Waals surface area contributed by atoms with Crippen molar-refractivity contribution in [2.24, 2.45) is 4.99 Å². The molecule has 0 aliphatic heterocycles. The summed E-state index contributed by atoms with van der Waals surface area (Å²) in [5, 5.41) is 17.9. The van der Waals surface area contributed by atoms with Crippen molar-refractivity contribution in [2.75, 3.05) is 14.1 Å². The summed E-state index contributed by atoms with van der Waals surface area (Å²) in [6.07, 6.45) is 1.56. The van der Waals surface area contributed by atoms with Crippen LogP contribution in [0.3, 0.4) is 0 Å².